The highest BCUT2D eigenvalue weighted by Gasteiger charge is 2.29. The average Bonchev–Trinajstić information content (AvgIpc) is 2.50. The molecule has 6 nitrogen and oxygen atoms in total. The van der Waals surface area contributed by atoms with Crippen LogP contribution >= 0.6 is 0 Å². The third-order valence-corrected chi connectivity index (χ3v) is 4.10. The third-order valence-electron chi connectivity index (χ3n) is 4.10. The van der Waals surface area contributed by atoms with Crippen LogP contribution in [-0.2, 0) is 14.4 Å². The Morgan fingerprint density at radius 1 is 1.14 bits per heavy atom. The Morgan fingerprint density at radius 3 is 2.18 bits per heavy atom. The molecule has 0 unspecified atom stereocenters. The number of likely N-dealkylation sites (tertiary alicyclic amines) is 1. The summed E-state index contributed by atoms with van der Waals surface area (Å²) < 4.78 is 0. The summed E-state index contributed by atoms with van der Waals surface area (Å²) in [6, 6.07) is 5.66. The van der Waals surface area contributed by atoms with Crippen molar-refractivity contribution in [3.05, 3.63) is 29.3 Å². The number of amides is 3. The zero-order chi connectivity index (χ0) is 16.3. The maximum Gasteiger partial charge on any atom is 0.313 e. The molecule has 3 amide bonds. The second-order valence-corrected chi connectivity index (χ2v) is 5.69. The van der Waals surface area contributed by atoms with Crippen molar-refractivity contribution in [3.63, 3.8) is 0 Å². The topological polar surface area (TPSA) is 92.5 Å². The minimum Gasteiger partial charge on any atom is -0.369 e. The standard InChI is InChI=1S/C16H21N3O3/c1-10-4-3-5-11(2)13(10)18-15(21)16(22)19-8-6-12(7-9-19)14(17)20/h3-5,12H,6-9H2,1-2H3,(H2,17,20)(H,18,21). The Morgan fingerprint density at radius 2 is 1.68 bits per heavy atom. The third kappa shape index (κ3) is 3.44. The molecule has 6 heteroatoms. The lowest BCUT2D eigenvalue weighted by Gasteiger charge is -2.30. The van der Waals surface area contributed by atoms with E-state index in [0.29, 0.717) is 31.6 Å². The van der Waals surface area contributed by atoms with Gasteiger partial charge in [0, 0.05) is 24.7 Å². The summed E-state index contributed by atoms with van der Waals surface area (Å²) in [4.78, 5) is 36.9. The molecular weight excluding hydrogens is 282 g/mol. The molecule has 0 atom stereocenters. The fourth-order valence-electron chi connectivity index (χ4n) is 2.69. The Balaban J connectivity index is 1.99. The van der Waals surface area contributed by atoms with Gasteiger partial charge in [0.15, 0.2) is 0 Å². The van der Waals surface area contributed by atoms with E-state index in [1.165, 1.54) is 4.90 Å². The molecule has 0 saturated carbocycles. The van der Waals surface area contributed by atoms with Crippen LogP contribution in [0.3, 0.4) is 0 Å². The maximum absolute atomic E-state index is 12.2. The van der Waals surface area contributed by atoms with Gasteiger partial charge in [-0.05, 0) is 37.8 Å². The van der Waals surface area contributed by atoms with Gasteiger partial charge in [-0.25, -0.2) is 0 Å². The number of hydrogen-bond donors (Lipinski definition) is 2. The second kappa shape index (κ2) is 6.60. The summed E-state index contributed by atoms with van der Waals surface area (Å²) in [5.41, 5.74) is 7.76. The van der Waals surface area contributed by atoms with Crippen molar-refractivity contribution < 1.29 is 14.4 Å². The first-order valence-corrected chi connectivity index (χ1v) is 7.36. The number of aryl methyl sites for hydroxylation is 2. The van der Waals surface area contributed by atoms with Gasteiger partial charge in [0.05, 0.1) is 0 Å². The number of hydrogen-bond acceptors (Lipinski definition) is 3. The molecule has 118 valence electrons. The number of anilines is 1. The highest BCUT2D eigenvalue weighted by molar-refractivity contribution is 6.39. The van der Waals surface area contributed by atoms with Gasteiger partial charge in [0.1, 0.15) is 0 Å². The van der Waals surface area contributed by atoms with E-state index >= 15 is 0 Å². The number of benzene rings is 1. The number of para-hydroxylation sites is 1. The molecule has 1 aromatic carbocycles. The first kappa shape index (κ1) is 16.0. The van der Waals surface area contributed by atoms with Gasteiger partial charge >= 0.3 is 11.8 Å². The summed E-state index contributed by atoms with van der Waals surface area (Å²) in [7, 11) is 0. The fraction of sp³-hybridized carbons (Fsp3) is 0.438. The first-order valence-electron chi connectivity index (χ1n) is 7.36. The van der Waals surface area contributed by atoms with Gasteiger partial charge in [-0.2, -0.15) is 0 Å². The quantitative estimate of drug-likeness (QED) is 0.797. The zero-order valence-electron chi connectivity index (χ0n) is 12.9. The van der Waals surface area contributed by atoms with E-state index in [4.69, 9.17) is 5.73 Å². The average molecular weight is 303 g/mol. The molecule has 1 aromatic rings. The van der Waals surface area contributed by atoms with E-state index in [1.54, 1.807) is 0 Å². The summed E-state index contributed by atoms with van der Waals surface area (Å²) in [5.74, 6) is -1.75. The van der Waals surface area contributed by atoms with Crippen LogP contribution in [0.15, 0.2) is 18.2 Å². The Bertz CT molecular complexity index is 584. The molecule has 0 aromatic heterocycles. The zero-order valence-corrected chi connectivity index (χ0v) is 12.9. The van der Waals surface area contributed by atoms with Crippen molar-refractivity contribution in [2.75, 3.05) is 18.4 Å². The number of carbonyl (C=O) groups is 3. The predicted molar refractivity (Wildman–Crippen MR) is 83.0 cm³/mol. The molecule has 0 bridgehead atoms. The highest BCUT2D eigenvalue weighted by atomic mass is 16.2. The Kier molecular flexibility index (Phi) is 4.80. The van der Waals surface area contributed by atoms with Gasteiger partial charge in [0.25, 0.3) is 0 Å². The number of piperidine rings is 1. The lowest BCUT2D eigenvalue weighted by Crippen LogP contribution is -2.46. The van der Waals surface area contributed by atoms with Gasteiger partial charge in [-0.1, -0.05) is 18.2 Å². The normalized spacial score (nSPS) is 15.5. The van der Waals surface area contributed by atoms with Crippen molar-refractivity contribution in [1.29, 1.82) is 0 Å². The van der Waals surface area contributed by atoms with Gasteiger partial charge < -0.3 is 16.0 Å². The molecule has 2 rings (SSSR count). The molecule has 0 spiro atoms. The number of carbonyl (C=O) groups excluding carboxylic acids is 3. The van der Waals surface area contributed by atoms with Crippen molar-refractivity contribution in [2.45, 2.75) is 26.7 Å². The Hall–Kier alpha value is -2.37. The smallest absolute Gasteiger partial charge is 0.313 e. The Labute approximate surface area is 129 Å². The summed E-state index contributed by atoms with van der Waals surface area (Å²) in [5, 5.41) is 2.69. The van der Waals surface area contributed by atoms with Crippen LogP contribution in [-0.4, -0.2) is 35.7 Å². The fourth-order valence-corrected chi connectivity index (χ4v) is 2.69. The lowest BCUT2D eigenvalue weighted by atomic mass is 9.96. The van der Waals surface area contributed by atoms with Crippen LogP contribution in [0.1, 0.15) is 24.0 Å². The molecular formula is C16H21N3O3. The van der Waals surface area contributed by atoms with Crippen LogP contribution in [0.2, 0.25) is 0 Å². The summed E-state index contributed by atoms with van der Waals surface area (Å²) >= 11 is 0. The SMILES string of the molecule is Cc1cccc(C)c1NC(=O)C(=O)N1CCC(C(N)=O)CC1. The molecule has 22 heavy (non-hydrogen) atoms. The van der Waals surface area contributed by atoms with Crippen molar-refractivity contribution >= 4 is 23.4 Å². The number of nitrogens with zero attached hydrogens (tertiary/aromatic N) is 1. The highest BCUT2D eigenvalue weighted by Crippen LogP contribution is 2.20. The van der Waals surface area contributed by atoms with Gasteiger partial charge in [0.2, 0.25) is 5.91 Å². The molecule has 1 saturated heterocycles. The van der Waals surface area contributed by atoms with Crippen LogP contribution in [0.5, 0.6) is 0 Å². The maximum atomic E-state index is 12.2. The van der Waals surface area contributed by atoms with E-state index in [9.17, 15) is 14.4 Å². The minimum absolute atomic E-state index is 0.203. The van der Waals surface area contributed by atoms with Crippen LogP contribution in [0.25, 0.3) is 0 Å². The van der Waals surface area contributed by atoms with E-state index in [2.05, 4.69) is 5.32 Å². The number of rotatable bonds is 2. The summed E-state index contributed by atoms with van der Waals surface area (Å²) in [6.45, 7) is 4.52. The molecule has 1 heterocycles. The molecule has 1 fully saturated rings. The summed E-state index contributed by atoms with van der Waals surface area (Å²) in [6.07, 6.45) is 1.02. The van der Waals surface area contributed by atoms with E-state index in [1.807, 2.05) is 32.0 Å². The first-order chi connectivity index (χ1) is 10.4. The van der Waals surface area contributed by atoms with E-state index in [-0.39, 0.29) is 11.8 Å². The van der Waals surface area contributed by atoms with Gasteiger partial charge in [-0.15, -0.1) is 0 Å². The molecule has 0 aliphatic carbocycles. The van der Waals surface area contributed by atoms with Gasteiger partial charge in [-0.3, -0.25) is 14.4 Å². The lowest BCUT2D eigenvalue weighted by molar-refractivity contribution is -0.144. The molecule has 3 N–H and O–H groups in total. The van der Waals surface area contributed by atoms with Crippen molar-refractivity contribution in [2.24, 2.45) is 11.7 Å². The van der Waals surface area contributed by atoms with Crippen LogP contribution < -0.4 is 11.1 Å². The van der Waals surface area contributed by atoms with Crippen molar-refractivity contribution in [1.82, 2.24) is 4.90 Å². The van der Waals surface area contributed by atoms with E-state index in [0.717, 1.165) is 11.1 Å². The number of nitrogens with one attached hydrogen (secondary N) is 1. The second-order valence-electron chi connectivity index (χ2n) is 5.69. The number of primary amides is 1. The number of nitrogens with two attached hydrogens (primary N) is 1. The molecule has 0 radical (unpaired) electrons. The van der Waals surface area contributed by atoms with Crippen LogP contribution in [0.4, 0.5) is 5.69 Å². The predicted octanol–water partition coefficient (Wildman–Crippen LogP) is 0.966. The largest absolute Gasteiger partial charge is 0.369 e. The van der Waals surface area contributed by atoms with Crippen LogP contribution in [0, 0.1) is 19.8 Å². The monoisotopic (exact) mass is 303 g/mol. The molecule has 1 aliphatic rings. The minimum atomic E-state index is -0.644. The molecule has 1 aliphatic heterocycles. The van der Waals surface area contributed by atoms with Crippen molar-refractivity contribution in [3.8, 4) is 0 Å². The van der Waals surface area contributed by atoms with E-state index < -0.39 is 11.8 Å².